The first kappa shape index (κ1) is 14.4. The number of anilines is 1. The molecule has 1 aromatic heterocycles. The van der Waals surface area contributed by atoms with Crippen LogP contribution < -0.4 is 16.4 Å². The van der Waals surface area contributed by atoms with Crippen LogP contribution in [-0.2, 0) is 4.79 Å². The number of nitrogens with zero attached hydrogens (tertiary/aromatic N) is 1. The Hall–Kier alpha value is -1.69. The van der Waals surface area contributed by atoms with E-state index in [0.717, 1.165) is 11.3 Å². The summed E-state index contributed by atoms with van der Waals surface area (Å²) in [6, 6.07) is 3.62. The number of nitrogens with one attached hydrogen (secondary N) is 2. The Labute approximate surface area is 112 Å². The van der Waals surface area contributed by atoms with Crippen LogP contribution in [0.3, 0.4) is 0 Å². The lowest BCUT2D eigenvalue weighted by Crippen LogP contribution is -2.25. The van der Waals surface area contributed by atoms with Gasteiger partial charge in [0.25, 0.3) is 0 Å². The summed E-state index contributed by atoms with van der Waals surface area (Å²) >= 11 is 4.93. The predicted molar refractivity (Wildman–Crippen MR) is 76.7 cm³/mol. The van der Waals surface area contributed by atoms with Gasteiger partial charge in [-0.1, -0.05) is 12.2 Å². The zero-order valence-corrected chi connectivity index (χ0v) is 11.4. The van der Waals surface area contributed by atoms with E-state index < -0.39 is 0 Å². The van der Waals surface area contributed by atoms with Gasteiger partial charge in [0.2, 0.25) is 5.91 Å². The second kappa shape index (κ2) is 6.90. The number of aryl methyl sites for hydroxylation is 1. The maximum absolute atomic E-state index is 11.3. The minimum atomic E-state index is 0.0206. The van der Waals surface area contributed by atoms with Crippen molar-refractivity contribution in [3.05, 3.63) is 23.4 Å². The van der Waals surface area contributed by atoms with E-state index >= 15 is 0 Å². The van der Waals surface area contributed by atoms with Crippen molar-refractivity contribution >= 4 is 28.9 Å². The minimum Gasteiger partial charge on any atom is -0.389 e. The molecule has 0 saturated heterocycles. The van der Waals surface area contributed by atoms with Gasteiger partial charge >= 0.3 is 0 Å². The van der Waals surface area contributed by atoms with Crippen molar-refractivity contribution in [2.24, 2.45) is 5.73 Å². The summed E-state index contributed by atoms with van der Waals surface area (Å²) in [6.07, 6.45) is 0.409. The van der Waals surface area contributed by atoms with E-state index in [9.17, 15) is 4.79 Å². The monoisotopic (exact) mass is 266 g/mol. The molecule has 18 heavy (non-hydrogen) atoms. The molecule has 0 aliphatic rings. The van der Waals surface area contributed by atoms with E-state index in [-0.39, 0.29) is 5.91 Å². The molecule has 0 bridgehead atoms. The zero-order valence-electron chi connectivity index (χ0n) is 10.6. The van der Waals surface area contributed by atoms with Crippen LogP contribution in [0.2, 0.25) is 0 Å². The van der Waals surface area contributed by atoms with Gasteiger partial charge in [-0.25, -0.2) is 4.98 Å². The third kappa shape index (κ3) is 4.67. The lowest BCUT2D eigenvalue weighted by molar-refractivity contribution is -0.120. The SMILES string of the molecule is CCNC(=O)CCNc1cc(C(N)=S)cc(C)n1. The summed E-state index contributed by atoms with van der Waals surface area (Å²) in [5.74, 6) is 0.703. The zero-order chi connectivity index (χ0) is 13.5. The van der Waals surface area contributed by atoms with Gasteiger partial charge in [0.1, 0.15) is 10.8 Å². The van der Waals surface area contributed by atoms with Crippen molar-refractivity contribution in [1.29, 1.82) is 0 Å². The number of hydrogen-bond acceptors (Lipinski definition) is 4. The van der Waals surface area contributed by atoms with E-state index in [2.05, 4.69) is 15.6 Å². The van der Waals surface area contributed by atoms with Crippen LogP contribution in [-0.4, -0.2) is 29.0 Å². The van der Waals surface area contributed by atoms with Gasteiger partial charge in [-0.05, 0) is 26.0 Å². The van der Waals surface area contributed by atoms with Crippen LogP contribution in [0.1, 0.15) is 24.6 Å². The summed E-state index contributed by atoms with van der Waals surface area (Å²) in [5.41, 5.74) is 7.19. The molecular weight excluding hydrogens is 248 g/mol. The molecule has 0 atom stereocenters. The fraction of sp³-hybridized carbons (Fsp3) is 0.417. The maximum atomic E-state index is 11.3. The number of carbonyl (C=O) groups is 1. The molecule has 1 amide bonds. The Morgan fingerprint density at radius 1 is 1.50 bits per heavy atom. The van der Waals surface area contributed by atoms with E-state index in [1.807, 2.05) is 19.9 Å². The molecule has 0 aliphatic carbocycles. The Balaban J connectivity index is 2.57. The molecule has 6 heteroatoms. The Morgan fingerprint density at radius 2 is 2.22 bits per heavy atom. The highest BCUT2D eigenvalue weighted by Gasteiger charge is 2.03. The van der Waals surface area contributed by atoms with Crippen molar-refractivity contribution in [1.82, 2.24) is 10.3 Å². The molecule has 0 fully saturated rings. The van der Waals surface area contributed by atoms with Gasteiger partial charge in [0.05, 0.1) is 0 Å². The number of amides is 1. The van der Waals surface area contributed by atoms with Gasteiger partial charge < -0.3 is 16.4 Å². The fourth-order valence-corrected chi connectivity index (χ4v) is 1.61. The van der Waals surface area contributed by atoms with Crippen molar-refractivity contribution < 1.29 is 4.79 Å². The number of thiocarbonyl (C=S) groups is 1. The van der Waals surface area contributed by atoms with Crippen LogP contribution in [0, 0.1) is 6.92 Å². The first-order valence-corrected chi connectivity index (χ1v) is 6.22. The Bertz CT molecular complexity index is 448. The largest absolute Gasteiger partial charge is 0.389 e. The van der Waals surface area contributed by atoms with Crippen LogP contribution in [0.25, 0.3) is 0 Å². The molecule has 0 aliphatic heterocycles. The highest BCUT2D eigenvalue weighted by atomic mass is 32.1. The van der Waals surface area contributed by atoms with Crippen LogP contribution in [0.15, 0.2) is 12.1 Å². The summed E-state index contributed by atoms with van der Waals surface area (Å²) < 4.78 is 0. The van der Waals surface area contributed by atoms with Crippen molar-refractivity contribution in [2.45, 2.75) is 20.3 Å². The number of hydrogen-bond donors (Lipinski definition) is 3. The fourth-order valence-electron chi connectivity index (χ4n) is 1.49. The maximum Gasteiger partial charge on any atom is 0.221 e. The summed E-state index contributed by atoms with van der Waals surface area (Å²) in [6.45, 7) is 4.94. The molecule has 0 saturated carbocycles. The molecule has 4 N–H and O–H groups in total. The average molecular weight is 266 g/mol. The number of pyridine rings is 1. The number of carbonyl (C=O) groups excluding carboxylic acids is 1. The lowest BCUT2D eigenvalue weighted by atomic mass is 10.2. The van der Waals surface area contributed by atoms with Crippen LogP contribution in [0.5, 0.6) is 0 Å². The van der Waals surface area contributed by atoms with Gasteiger partial charge in [0.15, 0.2) is 0 Å². The summed E-state index contributed by atoms with van der Waals surface area (Å²) in [5, 5.41) is 5.82. The number of rotatable bonds is 6. The first-order valence-electron chi connectivity index (χ1n) is 5.82. The third-order valence-electron chi connectivity index (χ3n) is 2.27. The quantitative estimate of drug-likeness (QED) is 0.668. The second-order valence-electron chi connectivity index (χ2n) is 3.88. The van der Waals surface area contributed by atoms with Crippen molar-refractivity contribution in [3.63, 3.8) is 0 Å². The molecule has 1 heterocycles. The summed E-state index contributed by atoms with van der Waals surface area (Å²) in [7, 11) is 0. The summed E-state index contributed by atoms with van der Waals surface area (Å²) in [4.78, 5) is 15.9. The lowest BCUT2D eigenvalue weighted by Gasteiger charge is -2.08. The molecule has 0 spiro atoms. The number of aromatic nitrogens is 1. The topological polar surface area (TPSA) is 80.0 Å². The number of nitrogens with two attached hydrogens (primary N) is 1. The van der Waals surface area contributed by atoms with Crippen molar-refractivity contribution in [3.8, 4) is 0 Å². The highest BCUT2D eigenvalue weighted by molar-refractivity contribution is 7.80. The van der Waals surface area contributed by atoms with Gasteiger partial charge in [-0.3, -0.25) is 4.79 Å². The van der Waals surface area contributed by atoms with Crippen LogP contribution >= 0.6 is 12.2 Å². The smallest absolute Gasteiger partial charge is 0.221 e. The molecule has 0 unspecified atom stereocenters. The van der Waals surface area contributed by atoms with E-state index in [1.165, 1.54) is 0 Å². The third-order valence-corrected chi connectivity index (χ3v) is 2.51. The molecule has 0 radical (unpaired) electrons. The molecule has 1 rings (SSSR count). The second-order valence-corrected chi connectivity index (χ2v) is 4.32. The highest BCUT2D eigenvalue weighted by Crippen LogP contribution is 2.10. The molecule has 98 valence electrons. The minimum absolute atomic E-state index is 0.0206. The van der Waals surface area contributed by atoms with Crippen LogP contribution in [0.4, 0.5) is 5.82 Å². The predicted octanol–water partition coefficient (Wildman–Crippen LogP) is 0.962. The van der Waals surface area contributed by atoms with E-state index in [0.29, 0.717) is 30.3 Å². The average Bonchev–Trinajstić information content (AvgIpc) is 2.28. The molecule has 0 aromatic carbocycles. The molecular formula is C12H18N4OS. The standard InChI is InChI=1S/C12H18N4OS/c1-3-14-11(17)4-5-15-10-7-9(12(13)18)6-8(2)16-10/h6-7H,3-5H2,1-2H3,(H2,13,18)(H,14,17)(H,15,16). The van der Waals surface area contributed by atoms with E-state index in [4.69, 9.17) is 18.0 Å². The van der Waals surface area contributed by atoms with Crippen molar-refractivity contribution in [2.75, 3.05) is 18.4 Å². The normalized spacial score (nSPS) is 9.89. The van der Waals surface area contributed by atoms with Gasteiger partial charge in [0, 0.05) is 30.8 Å². The Morgan fingerprint density at radius 3 is 2.83 bits per heavy atom. The Kier molecular flexibility index (Phi) is 5.51. The van der Waals surface area contributed by atoms with Gasteiger partial charge in [-0.2, -0.15) is 0 Å². The van der Waals surface area contributed by atoms with E-state index in [1.54, 1.807) is 6.07 Å². The molecule has 5 nitrogen and oxygen atoms in total. The van der Waals surface area contributed by atoms with Gasteiger partial charge in [-0.15, -0.1) is 0 Å². The molecule has 1 aromatic rings. The first-order chi connectivity index (χ1) is 8.52.